The third kappa shape index (κ3) is 2.01. The molecule has 0 radical (unpaired) electrons. The lowest BCUT2D eigenvalue weighted by Gasteiger charge is -2.04. The van der Waals surface area contributed by atoms with E-state index in [1.165, 1.54) is 0 Å². The normalized spacial score (nSPS) is 12.0. The van der Waals surface area contributed by atoms with Gasteiger partial charge >= 0.3 is 17.6 Å². The third-order valence-corrected chi connectivity index (χ3v) is 1.39. The van der Waals surface area contributed by atoms with Gasteiger partial charge in [-0.3, -0.25) is 0 Å². The van der Waals surface area contributed by atoms with E-state index in [1.54, 1.807) is 5.10 Å². The SMILES string of the molecule is Cn1c(=O)[nH]n(CC(F)(F)F)c1=O. The van der Waals surface area contributed by atoms with Crippen molar-refractivity contribution in [2.24, 2.45) is 7.05 Å². The fraction of sp³-hybridized carbons (Fsp3) is 0.600. The Morgan fingerprint density at radius 2 is 1.92 bits per heavy atom. The van der Waals surface area contributed by atoms with Crippen LogP contribution in [0.2, 0.25) is 0 Å². The quantitative estimate of drug-likeness (QED) is 0.655. The summed E-state index contributed by atoms with van der Waals surface area (Å²) in [7, 11) is 1.09. The molecule has 0 aromatic carbocycles. The van der Waals surface area contributed by atoms with E-state index in [9.17, 15) is 22.8 Å². The monoisotopic (exact) mass is 197 g/mol. The summed E-state index contributed by atoms with van der Waals surface area (Å²) in [5, 5.41) is 1.76. The molecule has 0 saturated carbocycles. The molecule has 1 aromatic heterocycles. The zero-order chi connectivity index (χ0) is 10.2. The van der Waals surface area contributed by atoms with E-state index in [1.807, 2.05) is 0 Å². The Kier molecular flexibility index (Phi) is 2.06. The van der Waals surface area contributed by atoms with Gasteiger partial charge in [0.1, 0.15) is 6.54 Å². The van der Waals surface area contributed by atoms with E-state index in [2.05, 4.69) is 0 Å². The summed E-state index contributed by atoms with van der Waals surface area (Å²) in [5.41, 5.74) is -1.88. The highest BCUT2D eigenvalue weighted by atomic mass is 19.4. The van der Waals surface area contributed by atoms with Crippen LogP contribution in [-0.4, -0.2) is 20.5 Å². The lowest BCUT2D eigenvalue weighted by molar-refractivity contribution is -0.143. The first-order valence-electron chi connectivity index (χ1n) is 3.24. The molecule has 1 heterocycles. The smallest absolute Gasteiger partial charge is 0.246 e. The van der Waals surface area contributed by atoms with Crippen molar-refractivity contribution in [1.29, 1.82) is 0 Å². The summed E-state index contributed by atoms with van der Waals surface area (Å²) < 4.78 is 36.1. The molecule has 1 rings (SSSR count). The van der Waals surface area contributed by atoms with Gasteiger partial charge in [0.05, 0.1) is 0 Å². The van der Waals surface area contributed by atoms with Gasteiger partial charge in [0.15, 0.2) is 0 Å². The van der Waals surface area contributed by atoms with Crippen LogP contribution in [0.5, 0.6) is 0 Å². The number of aromatic amines is 1. The molecule has 8 heteroatoms. The number of nitrogens with one attached hydrogen (secondary N) is 1. The highest BCUT2D eigenvalue weighted by Gasteiger charge is 2.29. The second-order valence-electron chi connectivity index (χ2n) is 2.46. The van der Waals surface area contributed by atoms with Crippen LogP contribution < -0.4 is 11.4 Å². The number of hydrogen-bond donors (Lipinski definition) is 1. The summed E-state index contributed by atoms with van der Waals surface area (Å²) in [6, 6.07) is 0. The first-order chi connectivity index (χ1) is 5.81. The number of hydrogen-bond acceptors (Lipinski definition) is 2. The Bertz CT molecular complexity index is 410. The van der Waals surface area contributed by atoms with Gasteiger partial charge in [-0.1, -0.05) is 0 Å². The maximum Gasteiger partial charge on any atom is 0.408 e. The third-order valence-electron chi connectivity index (χ3n) is 1.39. The molecule has 0 bridgehead atoms. The van der Waals surface area contributed by atoms with Crippen LogP contribution in [0.1, 0.15) is 0 Å². The first kappa shape index (κ1) is 9.62. The fourth-order valence-corrected chi connectivity index (χ4v) is 0.793. The fourth-order valence-electron chi connectivity index (χ4n) is 0.793. The lowest BCUT2D eigenvalue weighted by atomic mass is 10.6. The van der Waals surface area contributed by atoms with Gasteiger partial charge in [0.25, 0.3) is 0 Å². The van der Waals surface area contributed by atoms with Gasteiger partial charge < -0.3 is 0 Å². The van der Waals surface area contributed by atoms with E-state index in [0.29, 0.717) is 4.57 Å². The second-order valence-corrected chi connectivity index (χ2v) is 2.46. The zero-order valence-electron chi connectivity index (χ0n) is 6.55. The van der Waals surface area contributed by atoms with Crippen molar-refractivity contribution in [3.05, 3.63) is 21.0 Å². The summed E-state index contributed by atoms with van der Waals surface area (Å²) in [6.07, 6.45) is -4.52. The zero-order valence-corrected chi connectivity index (χ0v) is 6.55. The molecule has 0 aliphatic carbocycles. The Labute approximate surface area is 69.4 Å². The molecule has 1 N–H and O–H groups in total. The Morgan fingerprint density at radius 1 is 1.38 bits per heavy atom. The Balaban J connectivity index is 3.12. The minimum atomic E-state index is -4.52. The Morgan fingerprint density at radius 3 is 2.23 bits per heavy atom. The van der Waals surface area contributed by atoms with Gasteiger partial charge in [-0.25, -0.2) is 23.9 Å². The Hall–Kier alpha value is -1.47. The molecular weight excluding hydrogens is 191 g/mol. The highest BCUT2D eigenvalue weighted by molar-refractivity contribution is 4.68. The summed E-state index contributed by atoms with van der Waals surface area (Å²) in [5.74, 6) is 0. The van der Waals surface area contributed by atoms with Crippen molar-refractivity contribution >= 4 is 0 Å². The van der Waals surface area contributed by atoms with Crippen LogP contribution in [0.4, 0.5) is 13.2 Å². The maximum absolute atomic E-state index is 11.8. The molecule has 0 unspecified atom stereocenters. The van der Waals surface area contributed by atoms with Crippen molar-refractivity contribution < 1.29 is 13.2 Å². The number of alkyl halides is 3. The molecule has 13 heavy (non-hydrogen) atoms. The van der Waals surface area contributed by atoms with E-state index < -0.39 is 24.1 Å². The van der Waals surface area contributed by atoms with Gasteiger partial charge in [-0.2, -0.15) is 13.2 Å². The van der Waals surface area contributed by atoms with Gasteiger partial charge in [0, 0.05) is 7.05 Å². The number of H-pyrrole nitrogens is 1. The highest BCUT2D eigenvalue weighted by Crippen LogP contribution is 2.15. The van der Waals surface area contributed by atoms with Crippen LogP contribution in [0, 0.1) is 0 Å². The van der Waals surface area contributed by atoms with Crippen molar-refractivity contribution in [2.45, 2.75) is 12.7 Å². The summed E-state index contributed by atoms with van der Waals surface area (Å²) >= 11 is 0. The molecule has 0 saturated heterocycles. The predicted molar refractivity (Wildman–Crippen MR) is 36.3 cm³/mol. The molecule has 74 valence electrons. The molecule has 0 aliphatic rings. The summed E-state index contributed by atoms with van der Waals surface area (Å²) in [4.78, 5) is 21.5. The van der Waals surface area contributed by atoms with Crippen LogP contribution >= 0.6 is 0 Å². The van der Waals surface area contributed by atoms with Crippen molar-refractivity contribution in [1.82, 2.24) is 14.3 Å². The van der Waals surface area contributed by atoms with Crippen LogP contribution in [0.3, 0.4) is 0 Å². The van der Waals surface area contributed by atoms with E-state index >= 15 is 0 Å². The summed E-state index contributed by atoms with van der Waals surface area (Å²) in [6.45, 7) is -1.48. The van der Waals surface area contributed by atoms with Crippen molar-refractivity contribution in [2.75, 3.05) is 0 Å². The van der Waals surface area contributed by atoms with Crippen LogP contribution in [0.15, 0.2) is 9.59 Å². The molecule has 5 nitrogen and oxygen atoms in total. The molecule has 0 fully saturated rings. The van der Waals surface area contributed by atoms with Crippen molar-refractivity contribution in [3.8, 4) is 0 Å². The first-order valence-corrected chi connectivity index (χ1v) is 3.24. The van der Waals surface area contributed by atoms with Crippen LogP contribution in [-0.2, 0) is 13.6 Å². The number of halogens is 3. The molecule has 0 amide bonds. The van der Waals surface area contributed by atoms with E-state index in [4.69, 9.17) is 0 Å². The average Bonchev–Trinajstić information content (AvgIpc) is 2.15. The number of rotatable bonds is 1. The minimum Gasteiger partial charge on any atom is -0.246 e. The molecule has 1 aromatic rings. The molecule has 0 spiro atoms. The van der Waals surface area contributed by atoms with Gasteiger partial charge in [0.2, 0.25) is 0 Å². The standard InChI is InChI=1S/C5H6F3N3O2/c1-10-3(12)9-11(4(10)13)2-5(6,7)8/h2H2,1H3,(H,9,12). The average molecular weight is 197 g/mol. The van der Waals surface area contributed by atoms with Crippen molar-refractivity contribution in [3.63, 3.8) is 0 Å². The molecular formula is C5H6F3N3O2. The van der Waals surface area contributed by atoms with E-state index in [-0.39, 0.29) is 4.68 Å². The molecule has 0 atom stereocenters. The predicted octanol–water partition coefficient (Wildman–Crippen LogP) is -0.563. The lowest BCUT2D eigenvalue weighted by Crippen LogP contribution is -2.30. The largest absolute Gasteiger partial charge is 0.408 e. The topological polar surface area (TPSA) is 59.8 Å². The van der Waals surface area contributed by atoms with Gasteiger partial charge in [-0.05, 0) is 0 Å². The minimum absolute atomic E-state index is 0.211. The molecule has 0 aliphatic heterocycles. The van der Waals surface area contributed by atoms with E-state index in [0.717, 1.165) is 7.05 Å². The maximum atomic E-state index is 11.8. The number of aromatic nitrogens is 3. The van der Waals surface area contributed by atoms with Gasteiger partial charge in [-0.15, -0.1) is 0 Å². The number of nitrogens with zero attached hydrogens (tertiary/aromatic N) is 2. The second kappa shape index (κ2) is 2.79. The van der Waals surface area contributed by atoms with Crippen LogP contribution in [0.25, 0.3) is 0 Å².